The molecular formula is C22H20ClFN2O. The van der Waals surface area contributed by atoms with Gasteiger partial charge in [-0.3, -0.25) is 10.1 Å². The third-order valence-corrected chi connectivity index (χ3v) is 4.45. The van der Waals surface area contributed by atoms with Crippen LogP contribution in [0.25, 0.3) is 0 Å². The van der Waals surface area contributed by atoms with Crippen molar-refractivity contribution in [3.63, 3.8) is 0 Å². The molecule has 138 valence electrons. The molecule has 0 unspecified atom stereocenters. The number of anilines is 1. The van der Waals surface area contributed by atoms with Crippen molar-refractivity contribution in [3.8, 4) is 0 Å². The lowest BCUT2D eigenvalue weighted by atomic mass is 9.98. The van der Waals surface area contributed by atoms with E-state index in [9.17, 15) is 9.18 Å². The van der Waals surface area contributed by atoms with Crippen molar-refractivity contribution >= 4 is 23.2 Å². The maximum absolute atomic E-state index is 13.8. The summed E-state index contributed by atoms with van der Waals surface area (Å²) in [5.74, 6) is -0.866. The molecule has 0 saturated carbocycles. The van der Waals surface area contributed by atoms with Crippen LogP contribution < -0.4 is 10.6 Å². The first-order valence-electron chi connectivity index (χ1n) is 8.63. The van der Waals surface area contributed by atoms with Gasteiger partial charge in [-0.05, 0) is 36.2 Å². The van der Waals surface area contributed by atoms with Crippen molar-refractivity contribution in [3.05, 3.63) is 100 Å². The zero-order chi connectivity index (χ0) is 19.2. The fourth-order valence-electron chi connectivity index (χ4n) is 2.81. The molecule has 1 atom stereocenters. The highest BCUT2D eigenvalue weighted by molar-refractivity contribution is 6.30. The molecule has 0 aliphatic rings. The van der Waals surface area contributed by atoms with Crippen molar-refractivity contribution in [2.75, 3.05) is 11.9 Å². The van der Waals surface area contributed by atoms with Gasteiger partial charge in [-0.15, -0.1) is 0 Å². The Hall–Kier alpha value is -2.69. The molecule has 0 fully saturated rings. The third kappa shape index (κ3) is 5.16. The zero-order valence-corrected chi connectivity index (χ0v) is 15.6. The van der Waals surface area contributed by atoms with Gasteiger partial charge in [0.15, 0.2) is 0 Å². The van der Waals surface area contributed by atoms with E-state index in [1.807, 2.05) is 61.5 Å². The van der Waals surface area contributed by atoms with Gasteiger partial charge in [-0.25, -0.2) is 4.39 Å². The normalized spacial score (nSPS) is 11.8. The molecule has 0 radical (unpaired) electrons. The molecule has 0 heterocycles. The van der Waals surface area contributed by atoms with Crippen LogP contribution in [0.1, 0.15) is 22.7 Å². The summed E-state index contributed by atoms with van der Waals surface area (Å²) in [5.41, 5.74) is 3.33. The number of carbonyl (C=O) groups is 1. The van der Waals surface area contributed by atoms with Crippen molar-refractivity contribution in [2.45, 2.75) is 13.0 Å². The first-order valence-corrected chi connectivity index (χ1v) is 9.00. The topological polar surface area (TPSA) is 41.1 Å². The van der Waals surface area contributed by atoms with Crippen LogP contribution in [0.2, 0.25) is 5.02 Å². The van der Waals surface area contributed by atoms with E-state index in [1.165, 1.54) is 23.8 Å². The van der Waals surface area contributed by atoms with E-state index in [0.717, 1.165) is 11.1 Å². The molecule has 2 N–H and O–H groups in total. The van der Waals surface area contributed by atoms with Gasteiger partial charge in [0.1, 0.15) is 5.82 Å². The van der Waals surface area contributed by atoms with Crippen molar-refractivity contribution in [1.29, 1.82) is 0 Å². The molecular weight excluding hydrogens is 363 g/mol. The average Bonchev–Trinajstić information content (AvgIpc) is 2.67. The second-order valence-corrected chi connectivity index (χ2v) is 6.74. The Bertz CT molecular complexity index is 913. The van der Waals surface area contributed by atoms with E-state index in [4.69, 9.17) is 11.6 Å². The summed E-state index contributed by atoms with van der Waals surface area (Å²) in [6, 6.07) is 21.9. The van der Waals surface area contributed by atoms with Crippen molar-refractivity contribution in [2.24, 2.45) is 0 Å². The van der Waals surface area contributed by atoms with E-state index in [1.54, 1.807) is 0 Å². The highest BCUT2D eigenvalue weighted by Gasteiger charge is 2.15. The predicted molar refractivity (Wildman–Crippen MR) is 108 cm³/mol. The molecule has 3 aromatic rings. The van der Waals surface area contributed by atoms with Crippen LogP contribution in [-0.4, -0.2) is 12.5 Å². The molecule has 0 spiro atoms. The maximum Gasteiger partial charge on any atom is 0.238 e. The Kier molecular flexibility index (Phi) is 6.22. The summed E-state index contributed by atoms with van der Waals surface area (Å²) < 4.78 is 13.8. The zero-order valence-electron chi connectivity index (χ0n) is 14.9. The standard InChI is InChI=1S/C22H20ClFN2O/c1-15-7-9-17(10-8-15)22(16-5-3-2-4-6-16)25-14-21(27)26-20-13-18(23)11-12-19(20)24/h2-13,22,25H,14H2,1H3,(H,26,27)/t22-/m0/s1. The number of hydrogen-bond acceptors (Lipinski definition) is 2. The lowest BCUT2D eigenvalue weighted by Gasteiger charge is -2.20. The summed E-state index contributed by atoms with van der Waals surface area (Å²) in [6.45, 7) is 2.06. The molecule has 0 bridgehead atoms. The van der Waals surface area contributed by atoms with Gasteiger partial charge in [0.2, 0.25) is 5.91 Å². The fourth-order valence-corrected chi connectivity index (χ4v) is 2.99. The largest absolute Gasteiger partial charge is 0.322 e. The van der Waals surface area contributed by atoms with Crippen LogP contribution in [0.3, 0.4) is 0 Å². The van der Waals surface area contributed by atoms with Crippen LogP contribution in [-0.2, 0) is 4.79 Å². The van der Waals surface area contributed by atoms with Gasteiger partial charge in [0, 0.05) is 5.02 Å². The minimum absolute atomic E-state index is 0.0272. The number of rotatable bonds is 6. The van der Waals surface area contributed by atoms with E-state index < -0.39 is 5.82 Å². The third-order valence-electron chi connectivity index (χ3n) is 4.21. The fraction of sp³-hybridized carbons (Fsp3) is 0.136. The highest BCUT2D eigenvalue weighted by atomic mass is 35.5. The predicted octanol–water partition coefficient (Wildman–Crippen LogP) is 5.11. The Morgan fingerprint density at radius 3 is 2.37 bits per heavy atom. The number of hydrogen-bond donors (Lipinski definition) is 2. The van der Waals surface area contributed by atoms with Crippen LogP contribution >= 0.6 is 11.6 Å². The number of halogens is 2. The van der Waals surface area contributed by atoms with Crippen LogP contribution in [0.15, 0.2) is 72.8 Å². The van der Waals surface area contributed by atoms with Crippen LogP contribution in [0.5, 0.6) is 0 Å². The van der Waals surface area contributed by atoms with Gasteiger partial charge in [-0.2, -0.15) is 0 Å². The minimum Gasteiger partial charge on any atom is -0.322 e. The smallest absolute Gasteiger partial charge is 0.238 e. The molecule has 0 saturated heterocycles. The number of carbonyl (C=O) groups excluding carboxylic acids is 1. The molecule has 3 nitrogen and oxygen atoms in total. The molecule has 3 aromatic carbocycles. The number of aryl methyl sites for hydroxylation is 1. The average molecular weight is 383 g/mol. The lowest BCUT2D eigenvalue weighted by molar-refractivity contribution is -0.115. The molecule has 27 heavy (non-hydrogen) atoms. The number of nitrogens with one attached hydrogen (secondary N) is 2. The summed E-state index contributed by atoms with van der Waals surface area (Å²) >= 11 is 5.87. The summed E-state index contributed by atoms with van der Waals surface area (Å²) in [4.78, 5) is 12.3. The van der Waals surface area contributed by atoms with E-state index >= 15 is 0 Å². The van der Waals surface area contributed by atoms with E-state index in [-0.39, 0.29) is 24.2 Å². The Morgan fingerprint density at radius 1 is 1.00 bits per heavy atom. The molecule has 1 amide bonds. The highest BCUT2D eigenvalue weighted by Crippen LogP contribution is 2.23. The Morgan fingerprint density at radius 2 is 1.67 bits per heavy atom. The summed E-state index contributed by atoms with van der Waals surface area (Å²) in [6.07, 6.45) is 0. The second-order valence-electron chi connectivity index (χ2n) is 6.31. The van der Waals surface area contributed by atoms with Gasteiger partial charge in [0.05, 0.1) is 18.3 Å². The van der Waals surface area contributed by atoms with Crippen LogP contribution in [0.4, 0.5) is 10.1 Å². The Labute approximate surface area is 163 Å². The maximum atomic E-state index is 13.8. The molecule has 5 heteroatoms. The number of benzene rings is 3. The second kappa shape index (κ2) is 8.80. The Balaban J connectivity index is 1.73. The van der Waals surface area contributed by atoms with E-state index in [0.29, 0.717) is 5.02 Å². The van der Waals surface area contributed by atoms with Crippen molar-refractivity contribution < 1.29 is 9.18 Å². The van der Waals surface area contributed by atoms with Gasteiger partial charge < -0.3 is 5.32 Å². The van der Waals surface area contributed by atoms with E-state index in [2.05, 4.69) is 10.6 Å². The first kappa shape index (κ1) is 19.1. The van der Waals surface area contributed by atoms with Crippen LogP contribution in [0, 0.1) is 12.7 Å². The first-order chi connectivity index (χ1) is 13.0. The monoisotopic (exact) mass is 382 g/mol. The number of amides is 1. The minimum atomic E-state index is -0.522. The SMILES string of the molecule is Cc1ccc([C@@H](NCC(=O)Nc2cc(Cl)ccc2F)c2ccccc2)cc1. The quantitative estimate of drug-likeness (QED) is 0.622. The molecule has 0 aliphatic carbocycles. The molecule has 0 aromatic heterocycles. The van der Waals surface area contributed by atoms with Gasteiger partial charge in [0.25, 0.3) is 0 Å². The summed E-state index contributed by atoms with van der Waals surface area (Å²) in [7, 11) is 0. The summed E-state index contributed by atoms with van der Waals surface area (Å²) in [5, 5.41) is 6.18. The molecule has 3 rings (SSSR count). The lowest BCUT2D eigenvalue weighted by Crippen LogP contribution is -2.32. The van der Waals surface area contributed by atoms with Gasteiger partial charge in [-0.1, -0.05) is 71.8 Å². The molecule has 0 aliphatic heterocycles. The van der Waals surface area contributed by atoms with Gasteiger partial charge >= 0.3 is 0 Å². The van der Waals surface area contributed by atoms with Crippen molar-refractivity contribution in [1.82, 2.24) is 5.32 Å².